The molecule has 1 fully saturated rings. The minimum absolute atomic E-state index is 0.207. The Balaban J connectivity index is 2.02. The Labute approximate surface area is 115 Å². The number of aromatic nitrogens is 3. The van der Waals surface area contributed by atoms with E-state index >= 15 is 0 Å². The van der Waals surface area contributed by atoms with Crippen molar-refractivity contribution in [3.8, 4) is 0 Å². The molecule has 2 atom stereocenters. The van der Waals surface area contributed by atoms with Crippen molar-refractivity contribution in [3.63, 3.8) is 0 Å². The van der Waals surface area contributed by atoms with Crippen LogP contribution in [0, 0.1) is 0 Å². The standard InChI is InChI=1S/C14H26N4O/c1-4-13(19)9-17-7-5-6-12(8-17)14-16-15-10-18(14)11(2)3/h10-13,19H,4-9H2,1-3H3/t12?,13-/m1/s1. The van der Waals surface area contributed by atoms with Gasteiger partial charge in [-0.2, -0.15) is 0 Å². The van der Waals surface area contributed by atoms with Crippen molar-refractivity contribution in [1.29, 1.82) is 0 Å². The molecule has 1 aromatic heterocycles. The topological polar surface area (TPSA) is 54.2 Å². The van der Waals surface area contributed by atoms with Gasteiger partial charge in [0, 0.05) is 25.0 Å². The van der Waals surface area contributed by atoms with Gasteiger partial charge in [0.2, 0.25) is 0 Å². The number of hydrogen-bond donors (Lipinski definition) is 1. The van der Waals surface area contributed by atoms with Crippen LogP contribution >= 0.6 is 0 Å². The van der Waals surface area contributed by atoms with Crippen LogP contribution in [0.4, 0.5) is 0 Å². The lowest BCUT2D eigenvalue weighted by Crippen LogP contribution is -2.40. The summed E-state index contributed by atoms with van der Waals surface area (Å²) in [4.78, 5) is 2.36. The zero-order chi connectivity index (χ0) is 13.8. The fourth-order valence-electron chi connectivity index (χ4n) is 2.80. The molecule has 5 nitrogen and oxygen atoms in total. The average Bonchev–Trinajstić information content (AvgIpc) is 2.88. The molecule has 2 rings (SSSR count). The second-order valence-corrected chi connectivity index (χ2v) is 5.85. The lowest BCUT2D eigenvalue weighted by molar-refractivity contribution is 0.0912. The van der Waals surface area contributed by atoms with E-state index in [1.54, 1.807) is 0 Å². The number of aliphatic hydroxyl groups is 1. The van der Waals surface area contributed by atoms with E-state index in [2.05, 4.69) is 33.5 Å². The molecule has 108 valence electrons. The molecule has 1 N–H and O–H groups in total. The van der Waals surface area contributed by atoms with E-state index in [0.29, 0.717) is 12.0 Å². The first kappa shape index (κ1) is 14.5. The van der Waals surface area contributed by atoms with Gasteiger partial charge in [-0.15, -0.1) is 10.2 Å². The molecular weight excluding hydrogens is 240 g/mol. The Morgan fingerprint density at radius 2 is 2.26 bits per heavy atom. The molecule has 0 saturated carbocycles. The zero-order valence-electron chi connectivity index (χ0n) is 12.3. The predicted octanol–water partition coefficient (Wildman–Crippen LogP) is 1.81. The van der Waals surface area contributed by atoms with Gasteiger partial charge < -0.3 is 14.6 Å². The van der Waals surface area contributed by atoms with Crippen molar-refractivity contribution in [1.82, 2.24) is 19.7 Å². The average molecular weight is 266 g/mol. The molecule has 0 radical (unpaired) electrons. The summed E-state index contributed by atoms with van der Waals surface area (Å²) >= 11 is 0. The molecule has 2 heterocycles. The van der Waals surface area contributed by atoms with Crippen molar-refractivity contribution < 1.29 is 5.11 Å². The molecule has 0 bridgehead atoms. The molecule has 1 aliphatic rings. The van der Waals surface area contributed by atoms with E-state index in [1.165, 1.54) is 12.8 Å². The SMILES string of the molecule is CC[C@@H](O)CN1CCCC(c2nncn2C(C)C)C1. The molecule has 5 heteroatoms. The third kappa shape index (κ3) is 3.54. The van der Waals surface area contributed by atoms with Crippen molar-refractivity contribution >= 4 is 0 Å². The summed E-state index contributed by atoms with van der Waals surface area (Å²) in [6.45, 7) is 9.21. The highest BCUT2D eigenvalue weighted by Crippen LogP contribution is 2.27. The highest BCUT2D eigenvalue weighted by molar-refractivity contribution is 5.01. The van der Waals surface area contributed by atoms with Crippen LogP contribution in [0.2, 0.25) is 0 Å². The van der Waals surface area contributed by atoms with Gasteiger partial charge in [-0.1, -0.05) is 6.92 Å². The van der Waals surface area contributed by atoms with Crippen molar-refractivity contribution in [2.75, 3.05) is 19.6 Å². The van der Waals surface area contributed by atoms with Crippen LogP contribution in [-0.4, -0.2) is 50.5 Å². The number of rotatable bonds is 5. The summed E-state index contributed by atoms with van der Waals surface area (Å²) in [7, 11) is 0. The van der Waals surface area contributed by atoms with Gasteiger partial charge in [0.05, 0.1) is 6.10 Å². The van der Waals surface area contributed by atoms with E-state index in [0.717, 1.165) is 31.9 Å². The minimum atomic E-state index is -0.207. The summed E-state index contributed by atoms with van der Waals surface area (Å²) in [5.74, 6) is 1.55. The van der Waals surface area contributed by atoms with Crippen LogP contribution in [0.1, 0.15) is 57.8 Å². The van der Waals surface area contributed by atoms with Crippen LogP contribution in [0.3, 0.4) is 0 Å². The second-order valence-electron chi connectivity index (χ2n) is 5.85. The van der Waals surface area contributed by atoms with E-state index in [-0.39, 0.29) is 6.10 Å². The maximum absolute atomic E-state index is 9.79. The first-order chi connectivity index (χ1) is 9.11. The maximum atomic E-state index is 9.79. The van der Waals surface area contributed by atoms with Gasteiger partial charge in [-0.25, -0.2) is 0 Å². The van der Waals surface area contributed by atoms with Crippen LogP contribution in [-0.2, 0) is 0 Å². The Morgan fingerprint density at radius 1 is 1.47 bits per heavy atom. The number of piperidine rings is 1. The Hall–Kier alpha value is -0.940. The smallest absolute Gasteiger partial charge is 0.137 e. The zero-order valence-corrected chi connectivity index (χ0v) is 12.3. The summed E-state index contributed by atoms with van der Waals surface area (Å²) in [5.41, 5.74) is 0. The van der Waals surface area contributed by atoms with Crippen molar-refractivity contribution in [2.45, 2.75) is 58.1 Å². The fraction of sp³-hybridized carbons (Fsp3) is 0.857. The van der Waals surface area contributed by atoms with Gasteiger partial charge in [0.1, 0.15) is 12.2 Å². The quantitative estimate of drug-likeness (QED) is 0.883. The summed E-state index contributed by atoms with van der Waals surface area (Å²) in [5, 5.41) is 18.2. The van der Waals surface area contributed by atoms with E-state index in [4.69, 9.17) is 0 Å². The maximum Gasteiger partial charge on any atom is 0.137 e. The molecule has 0 aromatic carbocycles. The lowest BCUT2D eigenvalue weighted by atomic mass is 9.96. The highest BCUT2D eigenvalue weighted by atomic mass is 16.3. The predicted molar refractivity (Wildman–Crippen MR) is 75.1 cm³/mol. The number of β-amino-alcohol motifs (C(OH)–C–C–N with tert-alkyl or cyclic N) is 1. The molecule has 1 aromatic rings. The van der Waals surface area contributed by atoms with Gasteiger partial charge in [-0.05, 0) is 39.7 Å². The number of nitrogens with zero attached hydrogens (tertiary/aromatic N) is 4. The Bertz CT molecular complexity index is 391. The molecule has 19 heavy (non-hydrogen) atoms. The highest BCUT2D eigenvalue weighted by Gasteiger charge is 2.26. The first-order valence-corrected chi connectivity index (χ1v) is 7.41. The lowest BCUT2D eigenvalue weighted by Gasteiger charge is -2.33. The number of aliphatic hydroxyl groups excluding tert-OH is 1. The third-order valence-electron chi connectivity index (χ3n) is 3.97. The summed E-state index contributed by atoms with van der Waals surface area (Å²) in [6, 6.07) is 0.404. The fourth-order valence-corrected chi connectivity index (χ4v) is 2.80. The minimum Gasteiger partial charge on any atom is -0.392 e. The van der Waals surface area contributed by atoms with E-state index < -0.39 is 0 Å². The van der Waals surface area contributed by atoms with Crippen LogP contribution < -0.4 is 0 Å². The van der Waals surface area contributed by atoms with Crippen molar-refractivity contribution in [3.05, 3.63) is 12.2 Å². The molecule has 1 aliphatic heterocycles. The van der Waals surface area contributed by atoms with E-state index in [1.807, 2.05) is 13.3 Å². The van der Waals surface area contributed by atoms with Gasteiger partial charge in [0.15, 0.2) is 0 Å². The molecule has 1 saturated heterocycles. The number of hydrogen-bond acceptors (Lipinski definition) is 4. The van der Waals surface area contributed by atoms with Crippen LogP contribution in [0.15, 0.2) is 6.33 Å². The first-order valence-electron chi connectivity index (χ1n) is 7.41. The molecule has 0 aliphatic carbocycles. The largest absolute Gasteiger partial charge is 0.392 e. The van der Waals surface area contributed by atoms with Crippen LogP contribution in [0.5, 0.6) is 0 Å². The van der Waals surface area contributed by atoms with Crippen molar-refractivity contribution in [2.24, 2.45) is 0 Å². The molecule has 0 amide bonds. The van der Waals surface area contributed by atoms with Gasteiger partial charge in [0.25, 0.3) is 0 Å². The second kappa shape index (κ2) is 6.48. The third-order valence-corrected chi connectivity index (χ3v) is 3.97. The summed E-state index contributed by atoms with van der Waals surface area (Å²) < 4.78 is 2.17. The van der Waals surface area contributed by atoms with Gasteiger partial charge in [-0.3, -0.25) is 0 Å². The molecule has 1 unspecified atom stereocenters. The monoisotopic (exact) mass is 266 g/mol. The normalized spacial score (nSPS) is 22.9. The number of likely N-dealkylation sites (tertiary alicyclic amines) is 1. The molecular formula is C14H26N4O. The molecule has 0 spiro atoms. The van der Waals surface area contributed by atoms with Crippen LogP contribution in [0.25, 0.3) is 0 Å². The Morgan fingerprint density at radius 3 is 2.95 bits per heavy atom. The van der Waals surface area contributed by atoms with E-state index in [9.17, 15) is 5.11 Å². The van der Waals surface area contributed by atoms with Gasteiger partial charge >= 0.3 is 0 Å². The Kier molecular flexibility index (Phi) is 4.93. The summed E-state index contributed by atoms with van der Waals surface area (Å²) in [6.07, 6.45) is 4.79.